The van der Waals surface area contributed by atoms with Gasteiger partial charge in [0.15, 0.2) is 0 Å². The quantitative estimate of drug-likeness (QED) is 0.613. The molecular weight excluding hydrogens is 282 g/mol. The van der Waals surface area contributed by atoms with Gasteiger partial charge < -0.3 is 10.1 Å². The highest BCUT2D eigenvalue weighted by Gasteiger charge is 2.08. The minimum absolute atomic E-state index is 0.444. The van der Waals surface area contributed by atoms with Gasteiger partial charge in [0.05, 0.1) is 6.61 Å². The van der Waals surface area contributed by atoms with Crippen molar-refractivity contribution in [3.8, 4) is 5.75 Å². The molecule has 0 fully saturated rings. The van der Waals surface area contributed by atoms with Gasteiger partial charge in [0.2, 0.25) is 0 Å². The smallest absolute Gasteiger partial charge is 0.119 e. The van der Waals surface area contributed by atoms with Crippen LogP contribution in [0.3, 0.4) is 0 Å². The summed E-state index contributed by atoms with van der Waals surface area (Å²) in [5.41, 5.74) is 2.66. The van der Waals surface area contributed by atoms with Crippen molar-refractivity contribution in [2.75, 3.05) is 13.2 Å². The van der Waals surface area contributed by atoms with Crippen molar-refractivity contribution < 1.29 is 4.74 Å². The fourth-order valence-corrected chi connectivity index (χ4v) is 2.68. The monoisotopic (exact) mass is 311 g/mol. The van der Waals surface area contributed by atoms with Crippen LogP contribution in [-0.2, 0) is 6.42 Å². The van der Waals surface area contributed by atoms with E-state index in [1.54, 1.807) is 0 Å². The topological polar surface area (TPSA) is 21.3 Å². The van der Waals surface area contributed by atoms with E-state index in [4.69, 9.17) is 4.74 Å². The molecular formula is C21H29NO. The molecule has 0 aliphatic carbocycles. The van der Waals surface area contributed by atoms with Crippen molar-refractivity contribution in [3.05, 3.63) is 65.7 Å². The van der Waals surface area contributed by atoms with Crippen LogP contribution in [0.2, 0.25) is 0 Å². The van der Waals surface area contributed by atoms with Crippen LogP contribution in [-0.4, -0.2) is 13.2 Å². The van der Waals surface area contributed by atoms with Gasteiger partial charge in [-0.15, -0.1) is 0 Å². The van der Waals surface area contributed by atoms with E-state index < -0.39 is 0 Å². The molecule has 0 radical (unpaired) electrons. The van der Waals surface area contributed by atoms with Gasteiger partial charge in [0.1, 0.15) is 5.75 Å². The first-order chi connectivity index (χ1) is 11.3. The lowest BCUT2D eigenvalue weighted by Gasteiger charge is -2.17. The molecule has 0 saturated heterocycles. The standard InChI is InChI=1S/C21H29NO/c1-3-5-16-22-21(4-2)19-11-13-20(14-12-19)23-17-15-18-9-7-6-8-10-18/h6-14,21-22H,3-5,15-17H2,1-2H3. The summed E-state index contributed by atoms with van der Waals surface area (Å²) in [4.78, 5) is 0. The van der Waals surface area contributed by atoms with Crippen LogP contribution in [0, 0.1) is 0 Å². The van der Waals surface area contributed by atoms with E-state index in [-0.39, 0.29) is 0 Å². The summed E-state index contributed by atoms with van der Waals surface area (Å²) in [5.74, 6) is 0.952. The SMILES string of the molecule is CCCCNC(CC)c1ccc(OCCc2ccccc2)cc1. The summed E-state index contributed by atoms with van der Waals surface area (Å²) in [7, 11) is 0. The summed E-state index contributed by atoms with van der Waals surface area (Å²) < 4.78 is 5.86. The fourth-order valence-electron chi connectivity index (χ4n) is 2.68. The Morgan fingerprint density at radius 2 is 1.70 bits per heavy atom. The van der Waals surface area contributed by atoms with E-state index in [2.05, 4.69) is 67.7 Å². The van der Waals surface area contributed by atoms with Gasteiger partial charge in [-0.2, -0.15) is 0 Å². The van der Waals surface area contributed by atoms with Crippen LogP contribution in [0.5, 0.6) is 5.75 Å². The molecule has 0 aliphatic heterocycles. The minimum atomic E-state index is 0.444. The van der Waals surface area contributed by atoms with E-state index in [0.717, 1.165) is 31.7 Å². The second kappa shape index (κ2) is 10.1. The number of hydrogen-bond acceptors (Lipinski definition) is 2. The summed E-state index contributed by atoms with van der Waals surface area (Å²) in [6, 6.07) is 19.5. The van der Waals surface area contributed by atoms with Gasteiger partial charge in [0.25, 0.3) is 0 Å². The molecule has 2 rings (SSSR count). The van der Waals surface area contributed by atoms with E-state index in [9.17, 15) is 0 Å². The molecule has 2 nitrogen and oxygen atoms in total. The molecule has 0 bridgehead atoms. The zero-order chi connectivity index (χ0) is 16.3. The molecule has 0 heterocycles. The highest BCUT2D eigenvalue weighted by molar-refractivity contribution is 5.29. The molecule has 0 aromatic heterocycles. The van der Waals surface area contributed by atoms with Gasteiger partial charge in [-0.3, -0.25) is 0 Å². The first-order valence-corrected chi connectivity index (χ1v) is 8.83. The summed E-state index contributed by atoms with van der Waals surface area (Å²) in [6.07, 6.45) is 4.52. The number of nitrogens with one attached hydrogen (secondary N) is 1. The zero-order valence-electron chi connectivity index (χ0n) is 14.4. The third kappa shape index (κ3) is 6.07. The molecule has 23 heavy (non-hydrogen) atoms. The maximum atomic E-state index is 5.86. The largest absolute Gasteiger partial charge is 0.493 e. The van der Waals surface area contributed by atoms with E-state index >= 15 is 0 Å². The molecule has 2 heteroatoms. The number of unbranched alkanes of at least 4 members (excludes halogenated alkanes) is 1. The number of hydrogen-bond donors (Lipinski definition) is 1. The molecule has 0 amide bonds. The predicted octanol–water partition coefficient (Wildman–Crippen LogP) is 5.15. The Labute approximate surface area is 140 Å². The Balaban J connectivity index is 1.81. The lowest BCUT2D eigenvalue weighted by molar-refractivity contribution is 0.321. The van der Waals surface area contributed by atoms with Crippen LogP contribution in [0.4, 0.5) is 0 Å². The lowest BCUT2D eigenvalue weighted by Crippen LogP contribution is -2.21. The molecule has 1 atom stereocenters. The third-order valence-corrected chi connectivity index (χ3v) is 4.11. The van der Waals surface area contributed by atoms with E-state index in [1.807, 2.05) is 6.07 Å². The maximum Gasteiger partial charge on any atom is 0.119 e. The van der Waals surface area contributed by atoms with Gasteiger partial charge in [-0.25, -0.2) is 0 Å². The van der Waals surface area contributed by atoms with Crippen LogP contribution in [0.25, 0.3) is 0 Å². The van der Waals surface area contributed by atoms with E-state index in [1.165, 1.54) is 24.0 Å². The summed E-state index contributed by atoms with van der Waals surface area (Å²) in [5, 5.41) is 3.63. The van der Waals surface area contributed by atoms with Crippen LogP contribution in [0.15, 0.2) is 54.6 Å². The third-order valence-electron chi connectivity index (χ3n) is 4.11. The number of ether oxygens (including phenoxy) is 1. The summed E-state index contributed by atoms with van der Waals surface area (Å²) >= 11 is 0. The van der Waals surface area contributed by atoms with Crippen molar-refractivity contribution in [3.63, 3.8) is 0 Å². The maximum absolute atomic E-state index is 5.86. The van der Waals surface area contributed by atoms with Gasteiger partial charge in [-0.1, -0.05) is 62.7 Å². The molecule has 0 aliphatic rings. The highest BCUT2D eigenvalue weighted by atomic mass is 16.5. The summed E-state index contributed by atoms with van der Waals surface area (Å²) in [6.45, 7) is 6.26. The average molecular weight is 311 g/mol. The van der Waals surface area contributed by atoms with Crippen molar-refractivity contribution in [1.29, 1.82) is 0 Å². The normalized spacial score (nSPS) is 12.1. The van der Waals surface area contributed by atoms with Crippen LogP contribution in [0.1, 0.15) is 50.3 Å². The van der Waals surface area contributed by atoms with Crippen LogP contribution < -0.4 is 10.1 Å². The number of rotatable bonds is 10. The van der Waals surface area contributed by atoms with Crippen LogP contribution >= 0.6 is 0 Å². The fraction of sp³-hybridized carbons (Fsp3) is 0.429. The average Bonchev–Trinajstić information content (AvgIpc) is 2.61. The van der Waals surface area contributed by atoms with E-state index in [0.29, 0.717) is 6.04 Å². The second-order valence-electron chi connectivity index (χ2n) is 5.92. The van der Waals surface area contributed by atoms with Gasteiger partial charge >= 0.3 is 0 Å². The Bertz CT molecular complexity index is 536. The van der Waals surface area contributed by atoms with Gasteiger partial charge in [0, 0.05) is 12.5 Å². The zero-order valence-corrected chi connectivity index (χ0v) is 14.4. The second-order valence-corrected chi connectivity index (χ2v) is 5.92. The number of benzene rings is 2. The molecule has 124 valence electrons. The molecule has 0 spiro atoms. The molecule has 2 aromatic rings. The lowest BCUT2D eigenvalue weighted by atomic mass is 10.0. The van der Waals surface area contributed by atoms with Crippen molar-refractivity contribution >= 4 is 0 Å². The van der Waals surface area contributed by atoms with Crippen molar-refractivity contribution in [2.24, 2.45) is 0 Å². The molecule has 0 saturated carbocycles. The molecule has 1 unspecified atom stereocenters. The van der Waals surface area contributed by atoms with Crippen molar-refractivity contribution in [1.82, 2.24) is 5.32 Å². The first-order valence-electron chi connectivity index (χ1n) is 8.83. The minimum Gasteiger partial charge on any atom is -0.493 e. The highest BCUT2D eigenvalue weighted by Crippen LogP contribution is 2.20. The Kier molecular flexibility index (Phi) is 7.68. The molecule has 2 aromatic carbocycles. The molecule has 1 N–H and O–H groups in total. The Morgan fingerprint density at radius 1 is 0.957 bits per heavy atom. The Hall–Kier alpha value is -1.80. The first kappa shape index (κ1) is 17.6. The predicted molar refractivity (Wildman–Crippen MR) is 98.0 cm³/mol. The Morgan fingerprint density at radius 3 is 2.35 bits per heavy atom. The van der Waals surface area contributed by atoms with Crippen molar-refractivity contribution in [2.45, 2.75) is 45.6 Å². The van der Waals surface area contributed by atoms with Gasteiger partial charge in [-0.05, 0) is 42.6 Å².